The van der Waals surface area contributed by atoms with Crippen molar-refractivity contribution in [2.45, 2.75) is 20.8 Å². The molecule has 1 aromatic carbocycles. The molecule has 0 aliphatic heterocycles. The molecule has 0 atom stereocenters. The van der Waals surface area contributed by atoms with Gasteiger partial charge in [0.15, 0.2) is 11.5 Å². The van der Waals surface area contributed by atoms with Gasteiger partial charge in [-0.25, -0.2) is 0 Å². The van der Waals surface area contributed by atoms with Gasteiger partial charge in [-0.2, -0.15) is 0 Å². The van der Waals surface area contributed by atoms with Crippen molar-refractivity contribution in [2.75, 3.05) is 13.1 Å². The lowest BCUT2D eigenvalue weighted by Crippen LogP contribution is -2.33. The van der Waals surface area contributed by atoms with Crippen molar-refractivity contribution in [3.63, 3.8) is 0 Å². The van der Waals surface area contributed by atoms with Crippen molar-refractivity contribution in [3.05, 3.63) is 27.7 Å². The molecule has 3 nitrogen and oxygen atoms in total. The molecule has 0 saturated heterocycles. The molecule has 0 aliphatic rings. The molecule has 1 rings (SSSR count). The Morgan fingerprint density at radius 2 is 1.89 bits per heavy atom. The van der Waals surface area contributed by atoms with Crippen LogP contribution in [0.25, 0.3) is 0 Å². The Morgan fingerprint density at radius 1 is 1.32 bits per heavy atom. The zero-order valence-corrected chi connectivity index (χ0v) is 13.3. The molecule has 19 heavy (non-hydrogen) atoms. The quantitative estimate of drug-likeness (QED) is 0.614. The van der Waals surface area contributed by atoms with Crippen molar-refractivity contribution in [2.24, 2.45) is 0 Å². The summed E-state index contributed by atoms with van der Waals surface area (Å²) in [5.74, 6) is 0.0808. The summed E-state index contributed by atoms with van der Waals surface area (Å²) >= 11 is 17.2. The third-order valence-corrected chi connectivity index (χ3v) is 3.44. The van der Waals surface area contributed by atoms with Gasteiger partial charge in [0.1, 0.15) is 0 Å². The lowest BCUT2D eigenvalue weighted by atomic mass is 10.1. The summed E-state index contributed by atoms with van der Waals surface area (Å²) in [6.45, 7) is 6.80. The number of benzene rings is 1. The van der Waals surface area contributed by atoms with Crippen LogP contribution in [0.1, 0.15) is 31.1 Å². The smallest absolute Gasteiger partial charge is 0.264 e. The fourth-order valence-electron chi connectivity index (χ4n) is 1.56. The third-order valence-electron chi connectivity index (χ3n) is 2.60. The molecule has 0 unspecified atom stereocenters. The minimum atomic E-state index is -0.179. The number of ketones is 1. The first-order valence-corrected chi connectivity index (χ1v) is 7.03. The minimum absolute atomic E-state index is 0.179. The number of hydrogen-bond donors (Lipinski definition) is 0. The van der Waals surface area contributed by atoms with E-state index in [-0.39, 0.29) is 21.7 Å². The number of hydrogen-bond acceptors (Lipinski definition) is 3. The van der Waals surface area contributed by atoms with Crippen LogP contribution in [-0.4, -0.2) is 28.9 Å². The maximum atomic E-state index is 11.6. The summed E-state index contributed by atoms with van der Waals surface area (Å²) in [6, 6.07) is 3.05. The first-order chi connectivity index (χ1) is 8.90. The fourth-order valence-corrected chi connectivity index (χ4v) is 2.43. The van der Waals surface area contributed by atoms with Gasteiger partial charge in [-0.15, -0.1) is 0 Å². The van der Waals surface area contributed by atoms with Crippen molar-refractivity contribution in [1.82, 2.24) is 4.90 Å². The molecule has 0 amide bonds. The Balaban J connectivity index is 3.13. The SMILES string of the molecule is CCN(CC)C(=S)Oc1c(Cl)cc(Cl)cc1C(C)=O. The second-order valence-electron chi connectivity index (χ2n) is 3.86. The second kappa shape index (κ2) is 7.08. The number of thiocarbonyl (C=S) groups is 1. The van der Waals surface area contributed by atoms with Crippen LogP contribution < -0.4 is 4.74 Å². The highest BCUT2D eigenvalue weighted by molar-refractivity contribution is 7.80. The monoisotopic (exact) mass is 319 g/mol. The Labute approximate surface area is 128 Å². The molecule has 0 bridgehead atoms. The maximum Gasteiger partial charge on any atom is 0.264 e. The molecule has 0 aromatic heterocycles. The summed E-state index contributed by atoms with van der Waals surface area (Å²) in [5, 5.41) is 0.945. The summed E-state index contributed by atoms with van der Waals surface area (Å²) in [7, 11) is 0. The standard InChI is InChI=1S/C13H15Cl2NO2S/c1-4-16(5-2)13(19)18-12-10(8(3)17)6-9(14)7-11(12)15/h6-7H,4-5H2,1-3H3. The molecule has 0 saturated carbocycles. The minimum Gasteiger partial charge on any atom is -0.429 e. The van der Waals surface area contributed by atoms with E-state index in [0.29, 0.717) is 10.6 Å². The molecule has 0 radical (unpaired) electrons. The molecule has 0 N–H and O–H groups in total. The van der Waals surface area contributed by atoms with Crippen LogP contribution >= 0.6 is 35.4 Å². The fraction of sp³-hybridized carbons (Fsp3) is 0.385. The van der Waals surface area contributed by atoms with E-state index in [0.717, 1.165) is 13.1 Å². The maximum absolute atomic E-state index is 11.6. The molecular weight excluding hydrogens is 305 g/mol. The third kappa shape index (κ3) is 4.06. The van der Waals surface area contributed by atoms with Gasteiger partial charge in [0.2, 0.25) is 0 Å². The number of carbonyl (C=O) groups excluding carboxylic acids is 1. The van der Waals surface area contributed by atoms with Crippen molar-refractivity contribution in [1.29, 1.82) is 0 Å². The lowest BCUT2D eigenvalue weighted by Gasteiger charge is -2.22. The molecule has 0 fully saturated rings. The molecule has 0 aliphatic carbocycles. The van der Waals surface area contributed by atoms with Gasteiger partial charge in [0, 0.05) is 18.1 Å². The van der Waals surface area contributed by atoms with E-state index in [4.69, 9.17) is 40.2 Å². The van der Waals surface area contributed by atoms with Crippen LogP contribution in [0.5, 0.6) is 5.75 Å². The van der Waals surface area contributed by atoms with Crippen molar-refractivity contribution in [3.8, 4) is 5.75 Å². The average Bonchev–Trinajstić information content (AvgIpc) is 2.33. The van der Waals surface area contributed by atoms with Crippen molar-refractivity contribution < 1.29 is 9.53 Å². The summed E-state index contributed by atoms with van der Waals surface area (Å²) < 4.78 is 5.58. The van der Waals surface area contributed by atoms with E-state index in [2.05, 4.69) is 0 Å². The van der Waals surface area contributed by atoms with E-state index in [1.54, 1.807) is 0 Å². The van der Waals surface area contributed by atoms with E-state index >= 15 is 0 Å². The molecule has 104 valence electrons. The number of halogens is 2. The normalized spacial score (nSPS) is 10.2. The molecule has 0 heterocycles. The first-order valence-electron chi connectivity index (χ1n) is 5.87. The number of Topliss-reactive ketones (excluding diaryl/α,β-unsaturated/α-hetero) is 1. The lowest BCUT2D eigenvalue weighted by molar-refractivity contribution is 0.101. The van der Waals surface area contributed by atoms with Crippen LogP contribution in [0, 0.1) is 0 Å². The van der Waals surface area contributed by atoms with Gasteiger partial charge < -0.3 is 9.64 Å². The highest BCUT2D eigenvalue weighted by Crippen LogP contribution is 2.33. The Bertz CT molecular complexity index is 502. The highest BCUT2D eigenvalue weighted by Gasteiger charge is 2.18. The Hall–Kier alpha value is -0.840. The predicted molar refractivity (Wildman–Crippen MR) is 82.6 cm³/mol. The van der Waals surface area contributed by atoms with Crippen LogP contribution in [0.2, 0.25) is 10.0 Å². The van der Waals surface area contributed by atoms with E-state index in [9.17, 15) is 4.79 Å². The zero-order valence-electron chi connectivity index (χ0n) is 11.0. The van der Waals surface area contributed by atoms with Gasteiger partial charge in [-0.3, -0.25) is 4.79 Å². The molecule has 1 aromatic rings. The Morgan fingerprint density at radius 3 is 2.37 bits per heavy atom. The number of ether oxygens (including phenoxy) is 1. The molecule has 6 heteroatoms. The zero-order chi connectivity index (χ0) is 14.6. The summed E-state index contributed by atoms with van der Waals surface area (Å²) in [5.41, 5.74) is 0.326. The van der Waals surface area contributed by atoms with E-state index in [1.165, 1.54) is 19.1 Å². The van der Waals surface area contributed by atoms with Gasteiger partial charge >= 0.3 is 0 Å². The summed E-state index contributed by atoms with van der Waals surface area (Å²) in [6.07, 6.45) is 0. The van der Waals surface area contributed by atoms with Crippen LogP contribution in [0.15, 0.2) is 12.1 Å². The van der Waals surface area contributed by atoms with E-state index < -0.39 is 0 Å². The van der Waals surface area contributed by atoms with E-state index in [1.807, 2.05) is 18.7 Å². The average molecular weight is 320 g/mol. The number of nitrogens with zero attached hydrogens (tertiary/aromatic N) is 1. The summed E-state index contributed by atoms with van der Waals surface area (Å²) in [4.78, 5) is 13.5. The van der Waals surface area contributed by atoms with Crippen LogP contribution in [-0.2, 0) is 0 Å². The Kier molecular flexibility index (Phi) is 6.04. The highest BCUT2D eigenvalue weighted by atomic mass is 35.5. The molecular formula is C13H15Cl2NO2S. The second-order valence-corrected chi connectivity index (χ2v) is 5.05. The number of carbonyl (C=O) groups is 1. The first kappa shape index (κ1) is 16.2. The van der Waals surface area contributed by atoms with Crippen molar-refractivity contribution >= 4 is 46.4 Å². The van der Waals surface area contributed by atoms with Crippen LogP contribution in [0.3, 0.4) is 0 Å². The van der Waals surface area contributed by atoms with Gasteiger partial charge in [0.05, 0.1) is 10.6 Å². The predicted octanol–water partition coefficient (Wildman–Crippen LogP) is 4.20. The molecule has 0 spiro atoms. The van der Waals surface area contributed by atoms with Gasteiger partial charge in [-0.05, 0) is 45.1 Å². The topological polar surface area (TPSA) is 29.5 Å². The van der Waals surface area contributed by atoms with Gasteiger partial charge in [-0.1, -0.05) is 23.2 Å². The largest absolute Gasteiger partial charge is 0.429 e. The van der Waals surface area contributed by atoms with Gasteiger partial charge in [0.25, 0.3) is 5.17 Å². The van der Waals surface area contributed by atoms with Crippen LogP contribution in [0.4, 0.5) is 0 Å². The number of rotatable bonds is 4.